The Morgan fingerprint density at radius 2 is 1.81 bits per heavy atom. The zero-order valence-electron chi connectivity index (χ0n) is 14.7. The average Bonchev–Trinajstić information content (AvgIpc) is 2.63. The van der Waals surface area contributed by atoms with Gasteiger partial charge in [0.25, 0.3) is 0 Å². The normalized spacial score (nSPS) is 11.6. The van der Waals surface area contributed by atoms with Crippen LogP contribution in [0.1, 0.15) is 19.4 Å². The lowest BCUT2D eigenvalue weighted by atomic mass is 10.0. The summed E-state index contributed by atoms with van der Waals surface area (Å²) in [6, 6.07) is 12.1. The molecular weight excluding hydrogens is 328 g/mol. The molecule has 1 unspecified atom stereocenters. The number of amides is 1. The quantitative estimate of drug-likeness (QED) is 0.739. The first-order chi connectivity index (χ1) is 12.6. The molecule has 1 aromatic carbocycles. The van der Waals surface area contributed by atoms with Crippen LogP contribution in [0.3, 0.4) is 0 Å². The second-order valence-electron chi connectivity index (χ2n) is 6.05. The Kier molecular flexibility index (Phi) is 5.53. The highest BCUT2D eigenvalue weighted by Gasteiger charge is 2.06. The standard InChI is InChI=1S/C20H20N4O2/c1-14(24-15(2)25)10-16-5-7-17(8-6-16)18-11-22-20(23-12-18)26-19-4-3-9-21-13-19/h3-9,11-14H,10H2,1-2H3,(H,24,25). The van der Waals surface area contributed by atoms with E-state index in [-0.39, 0.29) is 18.0 Å². The number of nitrogens with one attached hydrogen (secondary N) is 1. The minimum absolute atomic E-state index is 0.0140. The Hall–Kier alpha value is -3.28. The molecule has 0 bridgehead atoms. The van der Waals surface area contributed by atoms with Gasteiger partial charge in [0.1, 0.15) is 5.75 Å². The second-order valence-corrected chi connectivity index (χ2v) is 6.05. The fraction of sp³-hybridized carbons (Fsp3) is 0.200. The molecule has 0 aliphatic rings. The van der Waals surface area contributed by atoms with Crippen molar-refractivity contribution in [2.75, 3.05) is 0 Å². The Balaban J connectivity index is 1.64. The number of carbonyl (C=O) groups excluding carboxylic acids is 1. The van der Waals surface area contributed by atoms with E-state index in [2.05, 4.69) is 20.3 Å². The summed E-state index contributed by atoms with van der Waals surface area (Å²) in [5.74, 6) is 0.581. The molecule has 0 radical (unpaired) electrons. The van der Waals surface area contributed by atoms with Gasteiger partial charge in [0.2, 0.25) is 5.91 Å². The van der Waals surface area contributed by atoms with Gasteiger partial charge in [-0.05, 0) is 36.6 Å². The van der Waals surface area contributed by atoms with Crippen LogP contribution in [0.15, 0.2) is 61.2 Å². The molecule has 3 rings (SSSR count). The molecule has 0 saturated heterocycles. The molecule has 0 aliphatic carbocycles. The maximum Gasteiger partial charge on any atom is 0.321 e. The molecule has 2 heterocycles. The van der Waals surface area contributed by atoms with Gasteiger partial charge in [-0.3, -0.25) is 9.78 Å². The summed E-state index contributed by atoms with van der Waals surface area (Å²) < 4.78 is 5.54. The summed E-state index contributed by atoms with van der Waals surface area (Å²) in [6.07, 6.45) is 7.53. The lowest BCUT2D eigenvalue weighted by Gasteiger charge is -2.12. The molecular formula is C20H20N4O2. The van der Waals surface area contributed by atoms with Gasteiger partial charge in [0.15, 0.2) is 0 Å². The van der Waals surface area contributed by atoms with E-state index in [4.69, 9.17) is 4.74 Å². The fourth-order valence-electron chi connectivity index (χ4n) is 2.62. The van der Waals surface area contributed by atoms with Crippen LogP contribution in [0.5, 0.6) is 11.8 Å². The predicted molar refractivity (Wildman–Crippen MR) is 98.8 cm³/mol. The van der Waals surface area contributed by atoms with Gasteiger partial charge in [-0.2, -0.15) is 0 Å². The molecule has 26 heavy (non-hydrogen) atoms. The Morgan fingerprint density at radius 1 is 1.08 bits per heavy atom. The Morgan fingerprint density at radius 3 is 2.42 bits per heavy atom. The lowest BCUT2D eigenvalue weighted by molar-refractivity contribution is -0.119. The van der Waals surface area contributed by atoms with E-state index < -0.39 is 0 Å². The highest BCUT2D eigenvalue weighted by atomic mass is 16.5. The molecule has 6 nitrogen and oxygen atoms in total. The Bertz CT molecular complexity index is 849. The van der Waals surface area contributed by atoms with Gasteiger partial charge < -0.3 is 10.1 Å². The van der Waals surface area contributed by atoms with E-state index in [1.54, 1.807) is 36.9 Å². The van der Waals surface area contributed by atoms with E-state index in [1.165, 1.54) is 6.92 Å². The van der Waals surface area contributed by atoms with E-state index in [1.807, 2.05) is 31.2 Å². The number of rotatable bonds is 6. The van der Waals surface area contributed by atoms with Gasteiger partial charge in [0, 0.05) is 37.1 Å². The number of ether oxygens (including phenoxy) is 1. The number of aromatic nitrogens is 3. The van der Waals surface area contributed by atoms with E-state index in [0.29, 0.717) is 5.75 Å². The summed E-state index contributed by atoms with van der Waals surface area (Å²) in [4.78, 5) is 23.6. The maximum atomic E-state index is 11.1. The number of hydrogen-bond acceptors (Lipinski definition) is 5. The minimum Gasteiger partial charge on any atom is -0.423 e. The van der Waals surface area contributed by atoms with E-state index in [0.717, 1.165) is 23.1 Å². The first kappa shape index (κ1) is 17.5. The number of nitrogens with zero attached hydrogens (tertiary/aromatic N) is 3. The molecule has 1 N–H and O–H groups in total. The molecule has 6 heteroatoms. The van der Waals surface area contributed by atoms with Crippen molar-refractivity contribution in [1.82, 2.24) is 20.3 Å². The highest BCUT2D eigenvalue weighted by Crippen LogP contribution is 2.21. The molecule has 0 aliphatic heterocycles. The van der Waals surface area contributed by atoms with Crippen molar-refractivity contribution in [2.24, 2.45) is 0 Å². The predicted octanol–water partition coefficient (Wildman–Crippen LogP) is 3.40. The molecule has 3 aromatic rings. The first-order valence-electron chi connectivity index (χ1n) is 8.36. The first-order valence-corrected chi connectivity index (χ1v) is 8.36. The van der Waals surface area contributed by atoms with Crippen molar-refractivity contribution < 1.29 is 9.53 Å². The van der Waals surface area contributed by atoms with Crippen molar-refractivity contribution in [3.05, 3.63) is 66.7 Å². The van der Waals surface area contributed by atoms with Crippen molar-refractivity contribution in [1.29, 1.82) is 0 Å². The van der Waals surface area contributed by atoms with Crippen molar-refractivity contribution in [3.63, 3.8) is 0 Å². The summed E-state index contributed by atoms with van der Waals surface area (Å²) in [5.41, 5.74) is 3.09. The van der Waals surface area contributed by atoms with Gasteiger partial charge in [0.05, 0.1) is 6.20 Å². The number of pyridine rings is 1. The van der Waals surface area contributed by atoms with Gasteiger partial charge in [-0.15, -0.1) is 0 Å². The zero-order valence-corrected chi connectivity index (χ0v) is 14.7. The third kappa shape index (κ3) is 4.86. The van der Waals surface area contributed by atoms with Crippen LogP contribution in [0.4, 0.5) is 0 Å². The molecule has 0 fully saturated rings. The smallest absolute Gasteiger partial charge is 0.321 e. The summed E-state index contributed by atoms with van der Waals surface area (Å²) >= 11 is 0. The van der Waals surface area contributed by atoms with E-state index in [9.17, 15) is 4.79 Å². The fourth-order valence-corrected chi connectivity index (χ4v) is 2.62. The van der Waals surface area contributed by atoms with Crippen LogP contribution >= 0.6 is 0 Å². The molecule has 1 atom stereocenters. The largest absolute Gasteiger partial charge is 0.423 e. The van der Waals surface area contributed by atoms with Crippen LogP contribution in [0.2, 0.25) is 0 Å². The maximum absolute atomic E-state index is 11.1. The molecule has 132 valence electrons. The van der Waals surface area contributed by atoms with Crippen molar-refractivity contribution in [2.45, 2.75) is 26.3 Å². The average molecular weight is 348 g/mol. The molecule has 2 aromatic heterocycles. The van der Waals surface area contributed by atoms with Gasteiger partial charge in [-0.25, -0.2) is 9.97 Å². The van der Waals surface area contributed by atoms with E-state index >= 15 is 0 Å². The zero-order chi connectivity index (χ0) is 18.4. The third-order valence-electron chi connectivity index (χ3n) is 3.75. The van der Waals surface area contributed by atoms with Crippen LogP contribution in [0.25, 0.3) is 11.1 Å². The highest BCUT2D eigenvalue weighted by molar-refractivity contribution is 5.73. The monoisotopic (exact) mass is 348 g/mol. The van der Waals surface area contributed by atoms with Crippen LogP contribution in [-0.4, -0.2) is 26.9 Å². The van der Waals surface area contributed by atoms with Gasteiger partial charge in [-0.1, -0.05) is 24.3 Å². The number of benzene rings is 1. The van der Waals surface area contributed by atoms with Crippen molar-refractivity contribution in [3.8, 4) is 22.9 Å². The SMILES string of the molecule is CC(=O)NC(C)Cc1ccc(-c2cnc(Oc3cccnc3)nc2)cc1. The molecule has 0 spiro atoms. The molecule has 1 amide bonds. The van der Waals surface area contributed by atoms with Crippen molar-refractivity contribution >= 4 is 5.91 Å². The third-order valence-corrected chi connectivity index (χ3v) is 3.75. The van der Waals surface area contributed by atoms with Crippen LogP contribution in [-0.2, 0) is 11.2 Å². The lowest BCUT2D eigenvalue weighted by Crippen LogP contribution is -2.31. The summed E-state index contributed by atoms with van der Waals surface area (Å²) in [7, 11) is 0. The number of hydrogen-bond donors (Lipinski definition) is 1. The number of carbonyl (C=O) groups is 1. The van der Waals surface area contributed by atoms with Crippen LogP contribution < -0.4 is 10.1 Å². The minimum atomic E-state index is -0.0140. The topological polar surface area (TPSA) is 77.0 Å². The Labute approximate surface area is 152 Å². The van der Waals surface area contributed by atoms with Gasteiger partial charge >= 0.3 is 6.01 Å². The van der Waals surface area contributed by atoms with Crippen LogP contribution in [0, 0.1) is 0 Å². The summed E-state index contributed by atoms with van der Waals surface area (Å²) in [5, 5.41) is 2.89. The second kappa shape index (κ2) is 8.20. The molecule has 0 saturated carbocycles. The summed E-state index contributed by atoms with van der Waals surface area (Å²) in [6.45, 7) is 3.52.